The van der Waals surface area contributed by atoms with Crippen LogP contribution in [0.5, 0.6) is 5.88 Å². The number of aryl methyl sites for hydroxylation is 1. The molecule has 2 aromatic heterocycles. The third-order valence-corrected chi connectivity index (χ3v) is 4.52. The van der Waals surface area contributed by atoms with E-state index in [1.54, 1.807) is 19.5 Å². The molecule has 0 spiro atoms. The van der Waals surface area contributed by atoms with Gasteiger partial charge in [-0.05, 0) is 19.8 Å². The fourth-order valence-electron chi connectivity index (χ4n) is 2.94. The van der Waals surface area contributed by atoms with Gasteiger partial charge in [0.1, 0.15) is 0 Å². The van der Waals surface area contributed by atoms with Gasteiger partial charge in [-0.2, -0.15) is 5.10 Å². The van der Waals surface area contributed by atoms with E-state index in [4.69, 9.17) is 4.74 Å². The first kappa shape index (κ1) is 15.7. The lowest BCUT2D eigenvalue weighted by Crippen LogP contribution is -2.39. The number of methoxy groups -OCH3 is 1. The van der Waals surface area contributed by atoms with Crippen LogP contribution in [-0.2, 0) is 13.6 Å². The normalized spacial score (nSPS) is 16.5. The molecule has 3 rings (SSSR count). The minimum atomic E-state index is 0.409. The zero-order valence-electron chi connectivity index (χ0n) is 14.0. The van der Waals surface area contributed by atoms with Crippen molar-refractivity contribution in [2.24, 2.45) is 7.05 Å². The summed E-state index contributed by atoms with van der Waals surface area (Å²) < 4.78 is 7.18. The summed E-state index contributed by atoms with van der Waals surface area (Å²) in [5, 5.41) is 7.78. The first-order chi connectivity index (χ1) is 11.2. The first-order valence-corrected chi connectivity index (χ1v) is 7.98. The van der Waals surface area contributed by atoms with Crippen LogP contribution in [0.25, 0.3) is 0 Å². The van der Waals surface area contributed by atoms with Crippen LogP contribution >= 0.6 is 0 Å². The van der Waals surface area contributed by atoms with Gasteiger partial charge in [0.25, 0.3) is 5.88 Å². The van der Waals surface area contributed by atoms with E-state index in [-0.39, 0.29) is 0 Å². The van der Waals surface area contributed by atoms with Crippen molar-refractivity contribution in [1.82, 2.24) is 24.6 Å². The molecule has 1 aliphatic rings. The molecule has 1 N–H and O–H groups in total. The Morgan fingerprint density at radius 3 is 2.65 bits per heavy atom. The van der Waals surface area contributed by atoms with Crippen LogP contribution < -0.4 is 10.1 Å². The van der Waals surface area contributed by atoms with E-state index >= 15 is 0 Å². The van der Waals surface area contributed by atoms with Gasteiger partial charge in [-0.15, -0.1) is 0 Å². The van der Waals surface area contributed by atoms with Gasteiger partial charge in [0.15, 0.2) is 5.82 Å². The van der Waals surface area contributed by atoms with Gasteiger partial charge in [-0.1, -0.05) is 0 Å². The maximum Gasteiger partial charge on any atom is 0.257 e. The van der Waals surface area contributed by atoms with Gasteiger partial charge in [-0.25, -0.2) is 9.97 Å². The molecule has 23 heavy (non-hydrogen) atoms. The standard InChI is InChI=1S/C16H24N6O/c1-12-13(10-19-21(12)2)11-22-8-4-14(5-9-22)20-15-16(23-3)18-7-6-17-15/h6-7,10,14H,4-5,8-9,11H2,1-3H3,(H,17,20). The zero-order chi connectivity index (χ0) is 16.2. The van der Waals surface area contributed by atoms with E-state index in [0.717, 1.165) is 38.3 Å². The Balaban J connectivity index is 1.53. The minimum Gasteiger partial charge on any atom is -0.478 e. The van der Waals surface area contributed by atoms with Crippen LogP contribution in [0, 0.1) is 6.92 Å². The van der Waals surface area contributed by atoms with Crippen LogP contribution in [0.1, 0.15) is 24.1 Å². The molecule has 0 amide bonds. The molecule has 0 unspecified atom stereocenters. The molecule has 3 heterocycles. The van der Waals surface area contributed by atoms with E-state index in [0.29, 0.717) is 11.9 Å². The third kappa shape index (κ3) is 3.61. The van der Waals surface area contributed by atoms with Crippen molar-refractivity contribution in [3.63, 3.8) is 0 Å². The second kappa shape index (κ2) is 6.95. The smallest absolute Gasteiger partial charge is 0.257 e. The topological polar surface area (TPSA) is 68.1 Å². The van der Waals surface area contributed by atoms with Gasteiger partial charge < -0.3 is 10.1 Å². The summed E-state index contributed by atoms with van der Waals surface area (Å²) in [7, 11) is 3.61. The number of likely N-dealkylation sites (tertiary alicyclic amines) is 1. The maximum absolute atomic E-state index is 5.25. The number of aromatic nitrogens is 4. The zero-order valence-corrected chi connectivity index (χ0v) is 14.0. The van der Waals surface area contributed by atoms with Crippen molar-refractivity contribution in [3.8, 4) is 5.88 Å². The highest BCUT2D eigenvalue weighted by Gasteiger charge is 2.21. The van der Waals surface area contributed by atoms with Crippen LogP contribution in [-0.4, -0.2) is 50.9 Å². The predicted octanol–water partition coefficient (Wildman–Crippen LogP) is 1.60. The Labute approximate surface area is 136 Å². The van der Waals surface area contributed by atoms with E-state index in [2.05, 4.69) is 32.2 Å². The monoisotopic (exact) mass is 316 g/mol. The summed E-state index contributed by atoms with van der Waals surface area (Å²) in [5.41, 5.74) is 2.56. The van der Waals surface area contributed by atoms with Crippen molar-refractivity contribution < 1.29 is 4.74 Å². The molecule has 7 heteroatoms. The minimum absolute atomic E-state index is 0.409. The Bertz CT molecular complexity index is 648. The average molecular weight is 316 g/mol. The number of hydrogen-bond acceptors (Lipinski definition) is 6. The number of nitrogens with one attached hydrogen (secondary N) is 1. The SMILES string of the molecule is COc1nccnc1NC1CCN(Cc2cnn(C)c2C)CC1. The lowest BCUT2D eigenvalue weighted by molar-refractivity contribution is 0.210. The summed E-state index contributed by atoms with van der Waals surface area (Å²) in [6.45, 7) is 5.22. The first-order valence-electron chi connectivity index (χ1n) is 7.98. The number of piperidine rings is 1. The van der Waals surface area contributed by atoms with Crippen LogP contribution in [0.4, 0.5) is 5.82 Å². The largest absolute Gasteiger partial charge is 0.478 e. The van der Waals surface area contributed by atoms with Gasteiger partial charge in [0, 0.05) is 56.4 Å². The molecular weight excluding hydrogens is 292 g/mol. The summed E-state index contributed by atoms with van der Waals surface area (Å²) >= 11 is 0. The molecule has 0 atom stereocenters. The molecular formula is C16H24N6O. The van der Waals surface area contributed by atoms with Crippen LogP contribution in [0.15, 0.2) is 18.6 Å². The number of rotatable bonds is 5. The fraction of sp³-hybridized carbons (Fsp3) is 0.562. The highest BCUT2D eigenvalue weighted by molar-refractivity contribution is 5.45. The van der Waals surface area contributed by atoms with Gasteiger partial charge >= 0.3 is 0 Å². The Morgan fingerprint density at radius 2 is 2.00 bits per heavy atom. The number of hydrogen-bond donors (Lipinski definition) is 1. The lowest BCUT2D eigenvalue weighted by Gasteiger charge is -2.32. The van der Waals surface area contributed by atoms with Crippen molar-refractivity contribution >= 4 is 5.82 Å². The third-order valence-electron chi connectivity index (χ3n) is 4.52. The summed E-state index contributed by atoms with van der Waals surface area (Å²) in [4.78, 5) is 11.0. The van der Waals surface area contributed by atoms with E-state index in [1.165, 1.54) is 11.3 Å². The molecule has 0 radical (unpaired) electrons. The molecule has 124 valence electrons. The predicted molar refractivity (Wildman–Crippen MR) is 88.5 cm³/mol. The second-order valence-electron chi connectivity index (χ2n) is 5.99. The van der Waals surface area contributed by atoms with Crippen molar-refractivity contribution in [3.05, 3.63) is 29.8 Å². The Morgan fingerprint density at radius 1 is 1.26 bits per heavy atom. The fourth-order valence-corrected chi connectivity index (χ4v) is 2.94. The number of nitrogens with zero attached hydrogens (tertiary/aromatic N) is 5. The Kier molecular flexibility index (Phi) is 4.76. The van der Waals surface area contributed by atoms with Gasteiger partial charge in [0.05, 0.1) is 13.3 Å². The highest BCUT2D eigenvalue weighted by atomic mass is 16.5. The molecule has 1 aliphatic heterocycles. The molecule has 1 saturated heterocycles. The van der Waals surface area contributed by atoms with Crippen LogP contribution in [0.2, 0.25) is 0 Å². The van der Waals surface area contributed by atoms with Crippen molar-refractivity contribution in [1.29, 1.82) is 0 Å². The Hall–Kier alpha value is -2.15. The summed E-state index contributed by atoms with van der Waals surface area (Å²) in [5.74, 6) is 1.29. The number of anilines is 1. The second-order valence-corrected chi connectivity index (χ2v) is 5.99. The van der Waals surface area contributed by atoms with E-state index < -0.39 is 0 Å². The molecule has 0 aliphatic carbocycles. The van der Waals surface area contributed by atoms with Crippen LogP contribution in [0.3, 0.4) is 0 Å². The van der Waals surface area contributed by atoms with Crippen molar-refractivity contribution in [2.75, 3.05) is 25.5 Å². The number of ether oxygens (including phenoxy) is 1. The van der Waals surface area contributed by atoms with E-state index in [1.807, 2.05) is 17.9 Å². The van der Waals surface area contributed by atoms with Gasteiger partial charge in [0.2, 0.25) is 0 Å². The highest BCUT2D eigenvalue weighted by Crippen LogP contribution is 2.22. The van der Waals surface area contributed by atoms with Gasteiger partial charge in [-0.3, -0.25) is 9.58 Å². The molecule has 1 fully saturated rings. The van der Waals surface area contributed by atoms with E-state index in [9.17, 15) is 0 Å². The maximum atomic E-state index is 5.25. The molecule has 2 aromatic rings. The average Bonchev–Trinajstić information content (AvgIpc) is 2.89. The summed E-state index contributed by atoms with van der Waals surface area (Å²) in [6.07, 6.45) is 7.47. The van der Waals surface area contributed by atoms with Crippen molar-refractivity contribution in [2.45, 2.75) is 32.4 Å². The molecule has 0 aromatic carbocycles. The molecule has 0 saturated carbocycles. The molecule has 7 nitrogen and oxygen atoms in total. The summed E-state index contributed by atoms with van der Waals surface area (Å²) in [6, 6.07) is 0.409. The lowest BCUT2D eigenvalue weighted by atomic mass is 10.0. The quantitative estimate of drug-likeness (QED) is 0.904. The molecule has 0 bridgehead atoms.